The molecule has 0 heterocycles. The van der Waals surface area contributed by atoms with Gasteiger partial charge < -0.3 is 0 Å². The maximum Gasteiger partial charge on any atom is 1.00 e. The van der Waals surface area contributed by atoms with E-state index >= 15 is 0 Å². The van der Waals surface area contributed by atoms with Crippen LogP contribution in [0, 0.1) is 6.92 Å². The predicted molar refractivity (Wildman–Crippen MR) is 61.8 cm³/mol. The normalized spacial score (nSPS) is 10.5. The van der Waals surface area contributed by atoms with Crippen molar-refractivity contribution in [3.63, 3.8) is 0 Å². The third-order valence-electron chi connectivity index (χ3n) is 2.95. The molecular formula is C14H11Na. The molecule has 0 aliphatic rings. The summed E-state index contributed by atoms with van der Waals surface area (Å²) in [5, 5.41) is 5.52. The van der Waals surface area contributed by atoms with Crippen molar-refractivity contribution in [1.82, 2.24) is 0 Å². The van der Waals surface area contributed by atoms with Gasteiger partial charge in [-0.15, -0.1) is 39.2 Å². The molecule has 0 atom stereocenters. The van der Waals surface area contributed by atoms with Gasteiger partial charge in [-0.25, -0.2) is 0 Å². The van der Waals surface area contributed by atoms with Gasteiger partial charge in [0.05, 0.1) is 0 Å². The zero-order valence-corrected chi connectivity index (χ0v) is 11.1. The van der Waals surface area contributed by atoms with Crippen molar-refractivity contribution in [2.45, 2.75) is 6.92 Å². The first-order valence-corrected chi connectivity index (χ1v) is 4.90. The number of hydrogen-bond acceptors (Lipinski definition) is 0. The summed E-state index contributed by atoms with van der Waals surface area (Å²) in [4.78, 5) is 0. The van der Waals surface area contributed by atoms with E-state index in [4.69, 9.17) is 0 Å². The molecule has 0 unspecified atom stereocenters. The van der Waals surface area contributed by atoms with Gasteiger partial charge in [-0.2, -0.15) is 0 Å². The summed E-state index contributed by atoms with van der Waals surface area (Å²) in [6.45, 7) is 2.20. The smallest absolute Gasteiger partial charge is 0.120 e. The Kier molecular flexibility index (Phi) is 2.92. The van der Waals surface area contributed by atoms with Crippen molar-refractivity contribution >= 4 is 21.5 Å². The van der Waals surface area contributed by atoms with Crippen molar-refractivity contribution in [1.29, 1.82) is 0 Å². The molecule has 0 spiro atoms. The largest absolute Gasteiger partial charge is 1.00 e. The average Bonchev–Trinajstić information content (AvgIpc) is 2.55. The van der Waals surface area contributed by atoms with Crippen LogP contribution in [0.2, 0.25) is 0 Å². The van der Waals surface area contributed by atoms with E-state index in [9.17, 15) is 0 Å². The summed E-state index contributed by atoms with van der Waals surface area (Å²) in [6, 6.07) is 17.2. The van der Waals surface area contributed by atoms with Gasteiger partial charge in [-0.3, -0.25) is 0 Å². The molecule has 0 fully saturated rings. The first kappa shape index (κ1) is 10.8. The van der Waals surface area contributed by atoms with E-state index in [-0.39, 0.29) is 29.6 Å². The van der Waals surface area contributed by atoms with Gasteiger partial charge in [-0.05, 0) is 0 Å². The summed E-state index contributed by atoms with van der Waals surface area (Å²) in [6.07, 6.45) is 0. The summed E-state index contributed by atoms with van der Waals surface area (Å²) >= 11 is 0. The summed E-state index contributed by atoms with van der Waals surface area (Å²) in [5.41, 5.74) is 1.40. The molecule has 0 saturated heterocycles. The van der Waals surface area contributed by atoms with Crippen LogP contribution in [-0.4, -0.2) is 0 Å². The molecule has 0 aliphatic carbocycles. The van der Waals surface area contributed by atoms with Crippen LogP contribution in [0.3, 0.4) is 0 Å². The molecule has 0 N–H and O–H groups in total. The second kappa shape index (κ2) is 4.05. The van der Waals surface area contributed by atoms with Crippen LogP contribution in [0.4, 0.5) is 0 Å². The van der Waals surface area contributed by atoms with Crippen molar-refractivity contribution in [2.24, 2.45) is 0 Å². The standard InChI is InChI=1S/C14H11.Na/c1-10-11-6-2-4-8-13(11)14-9-5-3-7-12(10)14;/h2-9H,1H3;/q-1;+1. The van der Waals surface area contributed by atoms with Gasteiger partial charge in [-0.1, -0.05) is 43.3 Å². The molecule has 0 aliphatic heterocycles. The van der Waals surface area contributed by atoms with Crippen molar-refractivity contribution in [3.05, 3.63) is 54.1 Å². The van der Waals surface area contributed by atoms with Gasteiger partial charge >= 0.3 is 29.6 Å². The minimum atomic E-state index is 0. The molecule has 0 radical (unpaired) electrons. The molecule has 3 rings (SSSR count). The molecule has 0 nitrogen and oxygen atoms in total. The third-order valence-corrected chi connectivity index (χ3v) is 2.95. The molecule has 0 amide bonds. The predicted octanol–water partition coefficient (Wildman–Crippen LogP) is 1.02. The van der Waals surface area contributed by atoms with E-state index in [1.165, 1.54) is 27.1 Å². The van der Waals surface area contributed by atoms with Gasteiger partial charge in [0.15, 0.2) is 0 Å². The van der Waals surface area contributed by atoms with E-state index < -0.39 is 0 Å². The Hall–Kier alpha value is -0.690. The second-order valence-corrected chi connectivity index (χ2v) is 3.72. The Balaban J connectivity index is 0.000000853. The molecule has 0 saturated carbocycles. The van der Waals surface area contributed by atoms with Crippen LogP contribution in [0.5, 0.6) is 0 Å². The van der Waals surface area contributed by atoms with Crippen LogP contribution in [0.25, 0.3) is 21.5 Å². The fraction of sp³-hybridized carbons (Fsp3) is 0.0714. The van der Waals surface area contributed by atoms with E-state index in [0.29, 0.717) is 0 Å². The zero-order chi connectivity index (χ0) is 9.54. The number of fused-ring (bicyclic) bond motifs is 3. The van der Waals surface area contributed by atoms with Crippen LogP contribution in [0.1, 0.15) is 5.56 Å². The maximum atomic E-state index is 2.20. The van der Waals surface area contributed by atoms with Crippen molar-refractivity contribution in [3.8, 4) is 0 Å². The fourth-order valence-electron chi connectivity index (χ4n) is 2.24. The third kappa shape index (κ3) is 1.53. The molecule has 0 bridgehead atoms. The molecular weight excluding hydrogens is 191 g/mol. The van der Waals surface area contributed by atoms with Gasteiger partial charge in [0.25, 0.3) is 0 Å². The molecule has 3 aromatic rings. The zero-order valence-electron chi connectivity index (χ0n) is 9.12. The van der Waals surface area contributed by atoms with Gasteiger partial charge in [0, 0.05) is 0 Å². The van der Waals surface area contributed by atoms with E-state index in [1.54, 1.807) is 0 Å². The SMILES string of the molecule is C[c-]1c2ccccc2c2ccccc21.[Na+]. The first-order chi connectivity index (χ1) is 6.88. The number of benzene rings is 2. The van der Waals surface area contributed by atoms with Crippen molar-refractivity contribution < 1.29 is 29.6 Å². The van der Waals surface area contributed by atoms with E-state index in [2.05, 4.69) is 55.5 Å². The van der Waals surface area contributed by atoms with Gasteiger partial charge in [0.1, 0.15) is 0 Å². The monoisotopic (exact) mass is 202 g/mol. The fourth-order valence-corrected chi connectivity index (χ4v) is 2.24. The van der Waals surface area contributed by atoms with Crippen molar-refractivity contribution in [2.75, 3.05) is 0 Å². The topological polar surface area (TPSA) is 0 Å². The summed E-state index contributed by atoms with van der Waals surface area (Å²) < 4.78 is 0. The molecule has 15 heavy (non-hydrogen) atoms. The van der Waals surface area contributed by atoms with Crippen LogP contribution in [-0.2, 0) is 0 Å². The Bertz CT molecular complexity index is 552. The Labute approximate surface area is 112 Å². The quantitative estimate of drug-likeness (QED) is 0.377. The average molecular weight is 202 g/mol. The van der Waals surface area contributed by atoms with E-state index in [1.807, 2.05) is 0 Å². The molecule has 0 aromatic heterocycles. The molecule has 1 heteroatoms. The molecule has 68 valence electrons. The van der Waals surface area contributed by atoms with E-state index in [0.717, 1.165) is 0 Å². The Morgan fingerprint density at radius 2 is 1.13 bits per heavy atom. The van der Waals surface area contributed by atoms with Crippen LogP contribution >= 0.6 is 0 Å². The minimum absolute atomic E-state index is 0. The second-order valence-electron chi connectivity index (χ2n) is 3.72. The summed E-state index contributed by atoms with van der Waals surface area (Å²) in [5.74, 6) is 0. The van der Waals surface area contributed by atoms with Gasteiger partial charge in [0.2, 0.25) is 0 Å². The number of hydrogen-bond donors (Lipinski definition) is 0. The van der Waals surface area contributed by atoms with Crippen LogP contribution in [0.15, 0.2) is 48.5 Å². The number of rotatable bonds is 0. The number of aryl methyl sites for hydroxylation is 1. The Morgan fingerprint density at radius 1 is 0.733 bits per heavy atom. The van der Waals surface area contributed by atoms with Crippen LogP contribution < -0.4 is 29.6 Å². The minimum Gasteiger partial charge on any atom is -0.120 e. The molecule has 3 aromatic carbocycles. The maximum absolute atomic E-state index is 2.20. The first-order valence-electron chi connectivity index (χ1n) is 4.90. The summed E-state index contributed by atoms with van der Waals surface area (Å²) in [7, 11) is 0. The Morgan fingerprint density at radius 3 is 1.60 bits per heavy atom.